The highest BCUT2D eigenvalue weighted by molar-refractivity contribution is 5.73. The summed E-state index contributed by atoms with van der Waals surface area (Å²) in [7, 11) is 0. The molecule has 0 saturated carbocycles. The van der Waals surface area contributed by atoms with Gasteiger partial charge in [0.05, 0.1) is 13.2 Å². The highest BCUT2D eigenvalue weighted by Crippen LogP contribution is 2.28. The lowest BCUT2D eigenvalue weighted by Gasteiger charge is -2.29. The highest BCUT2D eigenvalue weighted by atomic mass is 16.6. The van der Waals surface area contributed by atoms with Crippen LogP contribution in [-0.4, -0.2) is 35.5 Å². The third kappa shape index (κ3) is 2.15. The van der Waals surface area contributed by atoms with Gasteiger partial charge in [0.15, 0.2) is 6.10 Å². The predicted octanol–water partition coefficient (Wildman–Crippen LogP) is 0.933. The van der Waals surface area contributed by atoms with Gasteiger partial charge in [0.1, 0.15) is 11.9 Å². The van der Waals surface area contributed by atoms with Crippen LogP contribution in [0.5, 0.6) is 5.75 Å². The summed E-state index contributed by atoms with van der Waals surface area (Å²) in [4.78, 5) is 11.0. The average Bonchev–Trinajstić information content (AvgIpc) is 2.29. The Morgan fingerprint density at radius 1 is 1.31 bits per heavy atom. The van der Waals surface area contributed by atoms with Gasteiger partial charge in [-0.3, -0.25) is 0 Å². The number of benzene rings is 1. The van der Waals surface area contributed by atoms with E-state index in [1.54, 1.807) is 12.1 Å². The molecule has 5 heteroatoms. The quantitative estimate of drug-likeness (QED) is 0.781. The molecule has 5 nitrogen and oxygen atoms in total. The molecule has 16 heavy (non-hydrogen) atoms. The molecule has 1 saturated heterocycles. The molecule has 2 N–H and O–H groups in total. The molecule has 1 aromatic carbocycles. The molecule has 1 aromatic rings. The first-order valence-corrected chi connectivity index (χ1v) is 4.93. The zero-order valence-corrected chi connectivity index (χ0v) is 8.50. The summed E-state index contributed by atoms with van der Waals surface area (Å²) in [6.45, 7) is 0.621. The molecule has 0 bridgehead atoms. The zero-order chi connectivity index (χ0) is 11.5. The van der Waals surface area contributed by atoms with Crippen molar-refractivity contribution in [2.24, 2.45) is 0 Å². The van der Waals surface area contributed by atoms with Crippen molar-refractivity contribution in [1.29, 1.82) is 0 Å². The molecule has 0 aliphatic carbocycles. The van der Waals surface area contributed by atoms with E-state index in [-0.39, 0.29) is 12.4 Å². The highest BCUT2D eigenvalue weighted by Gasteiger charge is 2.34. The van der Waals surface area contributed by atoms with E-state index in [2.05, 4.69) is 0 Å². The second kappa shape index (κ2) is 4.51. The van der Waals surface area contributed by atoms with E-state index in [0.29, 0.717) is 12.2 Å². The number of ether oxygens (including phenoxy) is 2. The van der Waals surface area contributed by atoms with Crippen LogP contribution in [0, 0.1) is 0 Å². The normalized spacial score (nSPS) is 25.2. The molecule has 0 radical (unpaired) electrons. The van der Waals surface area contributed by atoms with E-state index < -0.39 is 18.2 Å². The Bertz CT molecular complexity index is 390. The van der Waals surface area contributed by atoms with Crippen molar-refractivity contribution in [2.45, 2.75) is 12.2 Å². The van der Waals surface area contributed by atoms with Crippen molar-refractivity contribution in [3.8, 4) is 5.75 Å². The summed E-state index contributed by atoms with van der Waals surface area (Å²) in [5.74, 6) is -0.983. The molecule has 1 heterocycles. The fraction of sp³-hybridized carbons (Fsp3) is 0.364. The second-order valence-electron chi connectivity index (χ2n) is 3.52. The molecule has 2 atom stereocenters. The summed E-state index contributed by atoms with van der Waals surface area (Å²) >= 11 is 0. The lowest BCUT2D eigenvalue weighted by Crippen LogP contribution is -2.38. The van der Waals surface area contributed by atoms with Crippen molar-refractivity contribution in [2.75, 3.05) is 13.2 Å². The van der Waals surface area contributed by atoms with Gasteiger partial charge in [0.25, 0.3) is 0 Å². The fourth-order valence-corrected chi connectivity index (χ4v) is 1.70. The summed E-state index contributed by atoms with van der Waals surface area (Å²) in [6.07, 6.45) is -1.69. The number of hydrogen-bond donors (Lipinski definition) is 2. The molecule has 0 amide bonds. The van der Waals surface area contributed by atoms with E-state index in [9.17, 15) is 9.90 Å². The van der Waals surface area contributed by atoms with Gasteiger partial charge in [0, 0.05) is 0 Å². The summed E-state index contributed by atoms with van der Waals surface area (Å²) in [6, 6.07) is 6.34. The molecule has 1 aliphatic rings. The van der Waals surface area contributed by atoms with Gasteiger partial charge in [0.2, 0.25) is 0 Å². The van der Waals surface area contributed by atoms with Gasteiger partial charge >= 0.3 is 5.97 Å². The third-order valence-corrected chi connectivity index (χ3v) is 2.40. The maximum atomic E-state index is 11.0. The summed E-state index contributed by atoms with van der Waals surface area (Å²) in [5.41, 5.74) is 0.604. The maximum absolute atomic E-state index is 11.0. The van der Waals surface area contributed by atoms with Crippen molar-refractivity contribution >= 4 is 5.97 Å². The standard InChI is InChI=1S/C11H12O5/c12-8-3-1-2-7(6-8)9-10(11(13)14)16-5-4-15-9/h1-3,6,9-10,12H,4-5H2,(H,13,14). The molecular weight excluding hydrogens is 212 g/mol. The van der Waals surface area contributed by atoms with Crippen LogP contribution in [0.3, 0.4) is 0 Å². The minimum Gasteiger partial charge on any atom is -0.508 e. The van der Waals surface area contributed by atoms with E-state index in [1.807, 2.05) is 0 Å². The van der Waals surface area contributed by atoms with Crippen LogP contribution in [0.2, 0.25) is 0 Å². The predicted molar refractivity (Wildman–Crippen MR) is 54.2 cm³/mol. The largest absolute Gasteiger partial charge is 0.508 e. The minimum absolute atomic E-state index is 0.0795. The van der Waals surface area contributed by atoms with Gasteiger partial charge in [-0.05, 0) is 17.7 Å². The maximum Gasteiger partial charge on any atom is 0.335 e. The van der Waals surface area contributed by atoms with Gasteiger partial charge in [-0.1, -0.05) is 12.1 Å². The molecule has 0 spiro atoms. The Hall–Kier alpha value is -1.59. The number of carbonyl (C=O) groups is 1. The van der Waals surface area contributed by atoms with E-state index >= 15 is 0 Å². The lowest BCUT2D eigenvalue weighted by molar-refractivity contribution is -0.181. The first-order chi connectivity index (χ1) is 7.68. The zero-order valence-electron chi connectivity index (χ0n) is 8.50. The third-order valence-electron chi connectivity index (χ3n) is 2.40. The summed E-state index contributed by atoms with van der Waals surface area (Å²) in [5, 5.41) is 18.3. The van der Waals surface area contributed by atoms with Gasteiger partial charge in [-0.2, -0.15) is 0 Å². The molecule has 1 aliphatic heterocycles. The van der Waals surface area contributed by atoms with Crippen molar-refractivity contribution in [3.05, 3.63) is 29.8 Å². The van der Waals surface area contributed by atoms with Crippen LogP contribution in [0.25, 0.3) is 0 Å². The first kappa shape index (κ1) is 10.9. The van der Waals surface area contributed by atoms with Gasteiger partial charge in [-0.15, -0.1) is 0 Å². The smallest absolute Gasteiger partial charge is 0.335 e. The van der Waals surface area contributed by atoms with Gasteiger partial charge in [-0.25, -0.2) is 4.79 Å². The van der Waals surface area contributed by atoms with Gasteiger partial charge < -0.3 is 19.7 Å². The van der Waals surface area contributed by atoms with Crippen LogP contribution in [-0.2, 0) is 14.3 Å². The van der Waals surface area contributed by atoms with E-state index in [1.165, 1.54) is 12.1 Å². The summed E-state index contributed by atoms with van der Waals surface area (Å²) < 4.78 is 10.5. The Morgan fingerprint density at radius 3 is 2.75 bits per heavy atom. The molecular formula is C11H12O5. The number of carboxylic acids is 1. The first-order valence-electron chi connectivity index (χ1n) is 4.93. The Morgan fingerprint density at radius 2 is 2.06 bits per heavy atom. The van der Waals surface area contributed by atoms with Crippen LogP contribution >= 0.6 is 0 Å². The van der Waals surface area contributed by atoms with Crippen LogP contribution in [0.15, 0.2) is 24.3 Å². The second-order valence-corrected chi connectivity index (χ2v) is 3.52. The number of aliphatic carboxylic acids is 1. The number of hydrogen-bond acceptors (Lipinski definition) is 4. The monoisotopic (exact) mass is 224 g/mol. The van der Waals surface area contributed by atoms with Crippen LogP contribution < -0.4 is 0 Å². The number of rotatable bonds is 2. The van der Waals surface area contributed by atoms with Crippen molar-refractivity contribution in [3.63, 3.8) is 0 Å². The molecule has 0 aromatic heterocycles. The number of aromatic hydroxyl groups is 1. The SMILES string of the molecule is O=C(O)C1OCCOC1c1cccc(O)c1. The minimum atomic E-state index is -1.06. The van der Waals surface area contributed by atoms with E-state index in [4.69, 9.17) is 14.6 Å². The lowest BCUT2D eigenvalue weighted by atomic mass is 10.0. The Kier molecular flexibility index (Phi) is 3.07. The molecule has 86 valence electrons. The number of phenols is 1. The number of carboxylic acid groups (broad SMARTS) is 1. The molecule has 1 fully saturated rings. The number of phenolic OH excluding ortho intramolecular Hbond substituents is 1. The van der Waals surface area contributed by atoms with Crippen LogP contribution in [0.1, 0.15) is 11.7 Å². The average molecular weight is 224 g/mol. The topological polar surface area (TPSA) is 76.0 Å². The van der Waals surface area contributed by atoms with Crippen molar-refractivity contribution in [1.82, 2.24) is 0 Å². The van der Waals surface area contributed by atoms with E-state index in [0.717, 1.165) is 0 Å². The molecule has 2 unspecified atom stereocenters. The van der Waals surface area contributed by atoms with Crippen molar-refractivity contribution < 1.29 is 24.5 Å². The molecule has 2 rings (SSSR count). The fourth-order valence-electron chi connectivity index (χ4n) is 1.70. The van der Waals surface area contributed by atoms with Crippen LogP contribution in [0.4, 0.5) is 0 Å². The Balaban J connectivity index is 2.26. The Labute approximate surface area is 92.2 Å².